The van der Waals surface area contributed by atoms with Crippen molar-refractivity contribution >= 4 is 23.2 Å². The molecule has 0 aliphatic heterocycles. The number of carbonyl (C=O) groups is 2. The molecule has 5 heteroatoms. The number of rotatable bonds is 5. The van der Waals surface area contributed by atoms with E-state index in [1.807, 2.05) is 32.0 Å². The van der Waals surface area contributed by atoms with Gasteiger partial charge in [-0.25, -0.2) is 4.39 Å². The Morgan fingerprint density at radius 2 is 1.71 bits per heavy atom. The molecule has 0 atom stereocenters. The molecule has 2 aromatic rings. The lowest BCUT2D eigenvalue weighted by molar-refractivity contribution is -0.117. The molecule has 0 radical (unpaired) electrons. The van der Waals surface area contributed by atoms with Crippen LogP contribution in [0.5, 0.6) is 0 Å². The van der Waals surface area contributed by atoms with E-state index in [4.69, 9.17) is 0 Å². The molecule has 4 nitrogen and oxygen atoms in total. The summed E-state index contributed by atoms with van der Waals surface area (Å²) in [5.41, 5.74) is 3.00. The average molecular weight is 328 g/mol. The molecule has 2 aromatic carbocycles. The summed E-state index contributed by atoms with van der Waals surface area (Å²) in [5.74, 6) is -0.960. The maximum absolute atomic E-state index is 13.6. The first kappa shape index (κ1) is 17.7. The van der Waals surface area contributed by atoms with Gasteiger partial charge in [0.05, 0.1) is 5.69 Å². The van der Waals surface area contributed by atoms with Crippen LogP contribution in [-0.4, -0.2) is 18.4 Å². The van der Waals surface area contributed by atoms with Gasteiger partial charge in [-0.15, -0.1) is 0 Å². The van der Waals surface area contributed by atoms with Gasteiger partial charge in [0.2, 0.25) is 11.8 Å². The normalized spacial score (nSPS) is 10.3. The topological polar surface area (TPSA) is 49.4 Å². The van der Waals surface area contributed by atoms with Crippen LogP contribution in [0, 0.1) is 19.7 Å². The molecular weight excluding hydrogens is 307 g/mol. The van der Waals surface area contributed by atoms with E-state index >= 15 is 0 Å². The summed E-state index contributed by atoms with van der Waals surface area (Å²) in [7, 11) is 0. The summed E-state index contributed by atoms with van der Waals surface area (Å²) in [4.78, 5) is 25.5. The van der Waals surface area contributed by atoms with E-state index in [9.17, 15) is 14.0 Å². The van der Waals surface area contributed by atoms with Gasteiger partial charge >= 0.3 is 0 Å². The molecule has 0 unspecified atom stereocenters. The zero-order chi connectivity index (χ0) is 17.7. The van der Waals surface area contributed by atoms with E-state index in [1.165, 1.54) is 19.1 Å². The van der Waals surface area contributed by atoms with Gasteiger partial charge in [-0.2, -0.15) is 0 Å². The second-order valence-corrected chi connectivity index (χ2v) is 5.79. The summed E-state index contributed by atoms with van der Waals surface area (Å²) < 4.78 is 13.6. The SMILES string of the molecule is CC(=O)N(CCC(=O)Nc1ccccc1F)c1cc(C)cc(C)c1. The van der Waals surface area contributed by atoms with E-state index in [-0.39, 0.29) is 30.5 Å². The van der Waals surface area contributed by atoms with Crippen molar-refractivity contribution in [2.75, 3.05) is 16.8 Å². The van der Waals surface area contributed by atoms with Crippen LogP contribution in [-0.2, 0) is 9.59 Å². The van der Waals surface area contributed by atoms with Crippen LogP contribution in [0.2, 0.25) is 0 Å². The van der Waals surface area contributed by atoms with Gasteiger partial charge in [0.1, 0.15) is 5.82 Å². The molecule has 126 valence electrons. The Morgan fingerprint density at radius 3 is 2.29 bits per heavy atom. The minimum Gasteiger partial charge on any atom is -0.324 e. The molecule has 0 bridgehead atoms. The minimum absolute atomic E-state index is 0.0842. The van der Waals surface area contributed by atoms with E-state index in [1.54, 1.807) is 17.0 Å². The molecule has 0 heterocycles. The molecule has 2 amide bonds. The third kappa shape index (κ3) is 4.65. The number of amides is 2. The highest BCUT2D eigenvalue weighted by atomic mass is 19.1. The van der Waals surface area contributed by atoms with Gasteiger partial charge in [-0.1, -0.05) is 18.2 Å². The number of hydrogen-bond donors (Lipinski definition) is 1. The lowest BCUT2D eigenvalue weighted by Crippen LogP contribution is -2.32. The molecular formula is C19H21FN2O2. The smallest absolute Gasteiger partial charge is 0.226 e. The molecule has 1 N–H and O–H groups in total. The van der Waals surface area contributed by atoms with E-state index in [2.05, 4.69) is 5.32 Å². The van der Waals surface area contributed by atoms with Gasteiger partial charge in [-0.3, -0.25) is 9.59 Å². The molecule has 2 rings (SSSR count). The van der Waals surface area contributed by atoms with Crippen LogP contribution in [0.3, 0.4) is 0 Å². The molecule has 0 aliphatic carbocycles. The Kier molecular flexibility index (Phi) is 5.68. The Balaban J connectivity index is 2.05. The Morgan fingerprint density at radius 1 is 1.08 bits per heavy atom. The highest BCUT2D eigenvalue weighted by Gasteiger charge is 2.15. The van der Waals surface area contributed by atoms with Crippen molar-refractivity contribution in [2.45, 2.75) is 27.2 Å². The fourth-order valence-corrected chi connectivity index (χ4v) is 2.56. The second-order valence-electron chi connectivity index (χ2n) is 5.79. The van der Waals surface area contributed by atoms with Crippen molar-refractivity contribution in [2.24, 2.45) is 0 Å². The van der Waals surface area contributed by atoms with Gasteiger partial charge < -0.3 is 10.2 Å². The Bertz CT molecular complexity index is 739. The largest absolute Gasteiger partial charge is 0.324 e. The zero-order valence-corrected chi connectivity index (χ0v) is 14.1. The maximum atomic E-state index is 13.6. The Labute approximate surface area is 141 Å². The van der Waals surface area contributed by atoms with Crippen LogP contribution in [0.4, 0.5) is 15.8 Å². The summed E-state index contributed by atoms with van der Waals surface area (Å²) in [5, 5.41) is 2.53. The summed E-state index contributed by atoms with van der Waals surface area (Å²) in [6.07, 6.45) is 0.0842. The lowest BCUT2D eigenvalue weighted by Gasteiger charge is -2.22. The third-order valence-corrected chi connectivity index (χ3v) is 3.61. The first-order chi connectivity index (χ1) is 11.4. The van der Waals surface area contributed by atoms with Crippen molar-refractivity contribution in [1.82, 2.24) is 0 Å². The fraction of sp³-hybridized carbons (Fsp3) is 0.263. The first-order valence-electron chi connectivity index (χ1n) is 7.77. The number of nitrogens with zero attached hydrogens (tertiary/aromatic N) is 1. The Hall–Kier alpha value is -2.69. The number of carbonyl (C=O) groups excluding carboxylic acids is 2. The van der Waals surface area contributed by atoms with Crippen LogP contribution in [0.15, 0.2) is 42.5 Å². The van der Waals surface area contributed by atoms with Crippen molar-refractivity contribution < 1.29 is 14.0 Å². The summed E-state index contributed by atoms with van der Waals surface area (Å²) in [6.45, 7) is 5.62. The number of para-hydroxylation sites is 1. The molecule has 24 heavy (non-hydrogen) atoms. The summed E-state index contributed by atoms with van der Waals surface area (Å²) >= 11 is 0. The van der Waals surface area contributed by atoms with E-state index < -0.39 is 5.82 Å². The second kappa shape index (κ2) is 7.73. The lowest BCUT2D eigenvalue weighted by atomic mass is 10.1. The number of halogens is 1. The molecule has 0 aromatic heterocycles. The highest BCUT2D eigenvalue weighted by molar-refractivity contribution is 5.95. The van der Waals surface area contributed by atoms with Crippen molar-refractivity contribution in [3.05, 3.63) is 59.4 Å². The number of hydrogen-bond acceptors (Lipinski definition) is 2. The van der Waals surface area contributed by atoms with Crippen LogP contribution in [0.25, 0.3) is 0 Å². The van der Waals surface area contributed by atoms with Crippen LogP contribution in [0.1, 0.15) is 24.5 Å². The molecule has 0 fully saturated rings. The maximum Gasteiger partial charge on any atom is 0.226 e. The quantitative estimate of drug-likeness (QED) is 0.907. The van der Waals surface area contributed by atoms with E-state index in [0.29, 0.717) is 0 Å². The molecule has 0 saturated heterocycles. The van der Waals surface area contributed by atoms with Crippen molar-refractivity contribution in [3.63, 3.8) is 0 Å². The number of nitrogens with one attached hydrogen (secondary N) is 1. The third-order valence-electron chi connectivity index (χ3n) is 3.61. The van der Waals surface area contributed by atoms with E-state index in [0.717, 1.165) is 16.8 Å². The average Bonchev–Trinajstić information content (AvgIpc) is 2.48. The van der Waals surface area contributed by atoms with Gasteiger partial charge in [-0.05, 0) is 49.2 Å². The predicted octanol–water partition coefficient (Wildman–Crippen LogP) is 3.82. The van der Waals surface area contributed by atoms with Gasteiger partial charge in [0.25, 0.3) is 0 Å². The van der Waals surface area contributed by atoms with Gasteiger partial charge in [0, 0.05) is 25.6 Å². The molecule has 0 saturated carbocycles. The molecule has 0 spiro atoms. The zero-order valence-electron chi connectivity index (χ0n) is 14.1. The molecule has 0 aliphatic rings. The van der Waals surface area contributed by atoms with Crippen molar-refractivity contribution in [1.29, 1.82) is 0 Å². The predicted molar refractivity (Wildman–Crippen MR) is 93.6 cm³/mol. The number of aryl methyl sites for hydroxylation is 2. The standard InChI is InChI=1S/C19H21FN2O2/c1-13-10-14(2)12-16(11-13)22(15(3)23)9-8-19(24)21-18-7-5-4-6-17(18)20/h4-7,10-12H,8-9H2,1-3H3,(H,21,24). The van der Waals surface area contributed by atoms with Crippen LogP contribution >= 0.6 is 0 Å². The van der Waals surface area contributed by atoms with Gasteiger partial charge in [0.15, 0.2) is 0 Å². The summed E-state index contributed by atoms with van der Waals surface area (Å²) in [6, 6.07) is 11.8. The first-order valence-corrected chi connectivity index (χ1v) is 7.77. The number of benzene rings is 2. The van der Waals surface area contributed by atoms with Crippen molar-refractivity contribution in [3.8, 4) is 0 Å². The minimum atomic E-state index is -0.483. The number of anilines is 2. The monoisotopic (exact) mass is 328 g/mol. The van der Waals surface area contributed by atoms with Crippen LogP contribution < -0.4 is 10.2 Å². The fourth-order valence-electron chi connectivity index (χ4n) is 2.56. The highest BCUT2D eigenvalue weighted by Crippen LogP contribution is 2.20.